The predicted molar refractivity (Wildman–Crippen MR) is 121 cm³/mol. The molecule has 0 radical (unpaired) electrons. The molecule has 1 N–H and O–H groups in total. The third-order valence-electron chi connectivity index (χ3n) is 5.63. The van der Waals surface area contributed by atoms with E-state index < -0.39 is 6.09 Å². The maximum Gasteiger partial charge on any atom is 0.412 e. The number of aryl methyl sites for hydroxylation is 1. The number of ether oxygens (including phenoxy) is 1. The summed E-state index contributed by atoms with van der Waals surface area (Å²) in [6.45, 7) is 0.574. The van der Waals surface area contributed by atoms with Crippen LogP contribution in [0.2, 0.25) is 0 Å². The van der Waals surface area contributed by atoms with Gasteiger partial charge >= 0.3 is 6.09 Å². The van der Waals surface area contributed by atoms with Gasteiger partial charge in [-0.15, -0.1) is 0 Å². The molecule has 0 spiro atoms. The van der Waals surface area contributed by atoms with Gasteiger partial charge in [0.05, 0.1) is 24.6 Å². The Balaban J connectivity index is 1.47. The second kappa shape index (κ2) is 8.34. The SMILES string of the molecule is COC(=O)Nc1ccc(-c2cnc3ccc(C(=O)N4CCCc5cc(F)ccc54)cn23)cn1. The zero-order valence-corrected chi connectivity index (χ0v) is 17.8. The molecule has 1 aromatic carbocycles. The minimum atomic E-state index is -0.602. The number of rotatable bonds is 3. The summed E-state index contributed by atoms with van der Waals surface area (Å²) < 4.78 is 20.0. The average Bonchev–Trinajstić information content (AvgIpc) is 3.26. The van der Waals surface area contributed by atoms with E-state index in [0.29, 0.717) is 23.6 Å². The van der Waals surface area contributed by atoms with Gasteiger partial charge in [-0.3, -0.25) is 14.5 Å². The highest BCUT2D eigenvalue weighted by Gasteiger charge is 2.24. The number of carbonyl (C=O) groups excluding carboxylic acids is 2. The number of hydrogen-bond donors (Lipinski definition) is 1. The molecule has 3 aromatic heterocycles. The summed E-state index contributed by atoms with van der Waals surface area (Å²) in [7, 11) is 1.28. The van der Waals surface area contributed by atoms with Gasteiger partial charge in [0.25, 0.3) is 5.91 Å². The molecule has 2 amide bonds. The van der Waals surface area contributed by atoms with Gasteiger partial charge in [-0.1, -0.05) is 0 Å². The van der Waals surface area contributed by atoms with Crippen LogP contribution in [0.15, 0.2) is 61.1 Å². The summed E-state index contributed by atoms with van der Waals surface area (Å²) in [5.74, 6) is -0.0933. The second-order valence-electron chi connectivity index (χ2n) is 7.67. The fraction of sp³-hybridized carbons (Fsp3) is 0.167. The van der Waals surface area contributed by atoms with E-state index in [1.54, 1.807) is 53.8 Å². The van der Waals surface area contributed by atoms with E-state index in [9.17, 15) is 14.0 Å². The van der Waals surface area contributed by atoms with Gasteiger partial charge in [0.1, 0.15) is 17.3 Å². The Kier molecular flexibility index (Phi) is 5.21. The van der Waals surface area contributed by atoms with Crippen molar-refractivity contribution in [2.45, 2.75) is 12.8 Å². The molecule has 5 rings (SSSR count). The van der Waals surface area contributed by atoms with Crippen molar-refractivity contribution >= 4 is 29.2 Å². The Labute approximate surface area is 188 Å². The molecule has 4 heterocycles. The number of benzene rings is 1. The number of aromatic nitrogens is 3. The molecule has 0 fully saturated rings. The molecule has 4 aromatic rings. The topological polar surface area (TPSA) is 88.8 Å². The molecule has 166 valence electrons. The van der Waals surface area contributed by atoms with Crippen LogP contribution in [0.5, 0.6) is 0 Å². The number of hydrogen-bond acceptors (Lipinski definition) is 5. The summed E-state index contributed by atoms with van der Waals surface area (Å²) in [4.78, 5) is 35.1. The lowest BCUT2D eigenvalue weighted by molar-refractivity contribution is 0.0984. The van der Waals surface area contributed by atoms with Crippen LogP contribution in [0.4, 0.5) is 20.7 Å². The average molecular weight is 445 g/mol. The fourth-order valence-electron chi connectivity index (χ4n) is 4.03. The van der Waals surface area contributed by atoms with Crippen LogP contribution in [0.1, 0.15) is 22.3 Å². The van der Waals surface area contributed by atoms with Crippen molar-refractivity contribution in [3.63, 3.8) is 0 Å². The van der Waals surface area contributed by atoms with E-state index in [1.165, 1.54) is 19.2 Å². The number of imidazole rings is 1. The molecule has 1 aliphatic heterocycles. The maximum atomic E-state index is 13.7. The van der Waals surface area contributed by atoms with Crippen molar-refractivity contribution < 1.29 is 18.7 Å². The summed E-state index contributed by atoms with van der Waals surface area (Å²) >= 11 is 0. The van der Waals surface area contributed by atoms with Gasteiger partial charge in [0.2, 0.25) is 0 Å². The maximum absolute atomic E-state index is 13.7. The molecule has 8 nitrogen and oxygen atoms in total. The van der Waals surface area contributed by atoms with Gasteiger partial charge in [0.15, 0.2) is 0 Å². The lowest BCUT2D eigenvalue weighted by atomic mass is 10.0. The fourth-order valence-corrected chi connectivity index (χ4v) is 4.03. The van der Waals surface area contributed by atoms with Gasteiger partial charge in [-0.25, -0.2) is 19.2 Å². The number of halogens is 1. The number of nitrogens with zero attached hydrogens (tertiary/aromatic N) is 4. The molecule has 0 saturated heterocycles. The second-order valence-corrected chi connectivity index (χ2v) is 7.67. The summed E-state index contributed by atoms with van der Waals surface area (Å²) in [5, 5.41) is 2.50. The smallest absolute Gasteiger partial charge is 0.412 e. The Morgan fingerprint density at radius 2 is 1.97 bits per heavy atom. The van der Waals surface area contributed by atoms with E-state index >= 15 is 0 Å². The number of carbonyl (C=O) groups is 2. The van der Waals surface area contributed by atoms with Crippen LogP contribution in [0.25, 0.3) is 16.9 Å². The van der Waals surface area contributed by atoms with Crippen molar-refractivity contribution in [1.29, 1.82) is 0 Å². The zero-order valence-electron chi connectivity index (χ0n) is 17.8. The van der Waals surface area contributed by atoms with Crippen LogP contribution < -0.4 is 10.2 Å². The minimum absolute atomic E-state index is 0.153. The molecular weight excluding hydrogens is 425 g/mol. The van der Waals surface area contributed by atoms with Gasteiger partial charge in [0, 0.05) is 30.2 Å². The Hall–Kier alpha value is -4.27. The molecule has 1 aliphatic rings. The Morgan fingerprint density at radius 3 is 2.76 bits per heavy atom. The third kappa shape index (κ3) is 3.89. The van der Waals surface area contributed by atoms with E-state index in [4.69, 9.17) is 0 Å². The number of anilines is 2. The highest BCUT2D eigenvalue weighted by Crippen LogP contribution is 2.29. The molecule has 0 aliphatic carbocycles. The first-order valence-corrected chi connectivity index (χ1v) is 10.4. The normalized spacial score (nSPS) is 13.0. The number of pyridine rings is 2. The van der Waals surface area contributed by atoms with Crippen molar-refractivity contribution in [3.8, 4) is 11.3 Å². The summed E-state index contributed by atoms with van der Waals surface area (Å²) in [6, 6.07) is 11.5. The van der Waals surface area contributed by atoms with Gasteiger partial charge in [-0.2, -0.15) is 0 Å². The van der Waals surface area contributed by atoms with Crippen LogP contribution >= 0.6 is 0 Å². The first kappa shape index (κ1) is 20.6. The predicted octanol–water partition coefficient (Wildman–Crippen LogP) is 4.31. The first-order chi connectivity index (χ1) is 16.0. The van der Waals surface area contributed by atoms with Crippen LogP contribution in [0.3, 0.4) is 0 Å². The molecule has 0 atom stereocenters. The molecule has 9 heteroatoms. The van der Waals surface area contributed by atoms with E-state index in [2.05, 4.69) is 20.0 Å². The Bertz CT molecular complexity index is 1370. The summed E-state index contributed by atoms with van der Waals surface area (Å²) in [6.07, 6.45) is 5.98. The zero-order chi connectivity index (χ0) is 22.9. The molecule has 33 heavy (non-hydrogen) atoms. The highest BCUT2D eigenvalue weighted by atomic mass is 19.1. The van der Waals surface area contributed by atoms with Crippen molar-refractivity contribution in [3.05, 3.63) is 78.0 Å². The number of methoxy groups -OCH3 is 1. The highest BCUT2D eigenvalue weighted by molar-refractivity contribution is 6.06. The number of nitrogens with one attached hydrogen (secondary N) is 1. The number of fused-ring (bicyclic) bond motifs is 2. The quantitative estimate of drug-likeness (QED) is 0.508. The molecule has 0 bridgehead atoms. The lowest BCUT2D eigenvalue weighted by Crippen LogP contribution is -2.35. The van der Waals surface area contributed by atoms with Crippen molar-refractivity contribution in [1.82, 2.24) is 14.4 Å². The largest absolute Gasteiger partial charge is 0.453 e. The monoisotopic (exact) mass is 445 g/mol. The molecule has 0 unspecified atom stereocenters. The number of amides is 2. The van der Waals surface area contributed by atoms with Gasteiger partial charge in [-0.05, 0) is 60.9 Å². The minimum Gasteiger partial charge on any atom is -0.453 e. The van der Waals surface area contributed by atoms with Crippen molar-refractivity contribution in [2.75, 3.05) is 23.9 Å². The van der Waals surface area contributed by atoms with E-state index in [0.717, 1.165) is 35.3 Å². The molecule has 0 saturated carbocycles. The van der Waals surface area contributed by atoms with E-state index in [1.807, 2.05) is 4.40 Å². The van der Waals surface area contributed by atoms with Crippen molar-refractivity contribution in [2.24, 2.45) is 0 Å². The van der Waals surface area contributed by atoms with Crippen LogP contribution in [0, 0.1) is 5.82 Å². The third-order valence-corrected chi connectivity index (χ3v) is 5.63. The standard InChI is InChI=1S/C24H20FN5O3/c1-33-24(32)28-21-8-4-16(12-26-21)20-13-27-22-9-5-17(14-30(20)22)23(31)29-10-2-3-15-11-18(25)6-7-19(15)29/h4-9,11-14H,2-3,10H2,1H3,(H,26,28,32). The Morgan fingerprint density at radius 1 is 1.09 bits per heavy atom. The molecular formula is C24H20FN5O3. The lowest BCUT2D eigenvalue weighted by Gasteiger charge is -2.29. The first-order valence-electron chi connectivity index (χ1n) is 10.4. The summed E-state index contributed by atoms with van der Waals surface area (Å²) in [5.41, 5.74) is 4.27. The van der Waals surface area contributed by atoms with Crippen LogP contribution in [-0.2, 0) is 11.2 Å². The van der Waals surface area contributed by atoms with Gasteiger partial charge < -0.3 is 9.64 Å². The van der Waals surface area contributed by atoms with Crippen LogP contribution in [-0.4, -0.2) is 40.0 Å². The van der Waals surface area contributed by atoms with E-state index in [-0.39, 0.29) is 11.7 Å².